The number of halogens is 2. The van der Waals surface area contributed by atoms with Gasteiger partial charge in [0, 0.05) is 11.0 Å². The van der Waals surface area contributed by atoms with E-state index < -0.39 is 12.1 Å². The Morgan fingerprint density at radius 2 is 1.76 bits per heavy atom. The Morgan fingerprint density at radius 1 is 1.06 bits per heavy atom. The van der Waals surface area contributed by atoms with E-state index in [0.717, 1.165) is 22.2 Å². The molecule has 0 bridgehead atoms. The van der Waals surface area contributed by atoms with Gasteiger partial charge < -0.3 is 10.1 Å². The average Bonchev–Trinajstić information content (AvgIpc) is 3.21. The number of hydrogen-bond acceptors (Lipinski definition) is 3. The molecule has 5 nitrogen and oxygen atoms in total. The molecule has 0 aliphatic carbocycles. The number of carbonyl (C=O) groups excluding carboxylic acids is 1. The Hall–Kier alpha value is -4.00. The van der Waals surface area contributed by atoms with Crippen LogP contribution in [-0.2, 0) is 4.79 Å². The molecule has 7 heteroatoms. The fraction of sp³-hybridized carbons (Fsp3) is 0.185. The Morgan fingerprint density at radius 3 is 2.44 bits per heavy atom. The van der Waals surface area contributed by atoms with Gasteiger partial charge in [-0.3, -0.25) is 4.79 Å². The van der Waals surface area contributed by atoms with Gasteiger partial charge in [-0.15, -0.1) is 0 Å². The zero-order chi connectivity index (χ0) is 24.4. The lowest BCUT2D eigenvalue weighted by atomic mass is 9.98. The van der Waals surface area contributed by atoms with Crippen molar-refractivity contribution in [3.63, 3.8) is 0 Å². The molecule has 2 atom stereocenters. The molecule has 0 saturated heterocycles. The molecule has 0 spiro atoms. The third-order valence-corrected chi connectivity index (χ3v) is 5.61. The summed E-state index contributed by atoms with van der Waals surface area (Å²) in [7, 11) is 0. The van der Waals surface area contributed by atoms with E-state index in [2.05, 4.69) is 17.0 Å². The largest absolute Gasteiger partial charge is 0.484 e. The number of ether oxygens (including phenoxy) is 1. The van der Waals surface area contributed by atoms with Gasteiger partial charge in [-0.05, 0) is 86.5 Å². The van der Waals surface area contributed by atoms with E-state index in [1.165, 1.54) is 24.3 Å². The summed E-state index contributed by atoms with van der Waals surface area (Å²) < 4.78 is 35.1. The van der Waals surface area contributed by atoms with Crippen molar-refractivity contribution >= 4 is 16.8 Å². The standard InChI is InChI=1S/C27H25F2N3O2/c1-16(2)27(33)31-18(4)26(24-11-7-21(29)13-17(24)3)34-23-10-12-25-19(14-23)15-30-32(25)22-8-5-20(28)6-9-22/h5-15,18,26H,1H2,2-4H3,(H,31,33)/t18-,26-/m0/s1. The van der Waals surface area contributed by atoms with Crippen molar-refractivity contribution in [2.45, 2.75) is 32.9 Å². The number of nitrogens with one attached hydrogen (secondary N) is 1. The summed E-state index contributed by atoms with van der Waals surface area (Å²) in [4.78, 5) is 12.3. The molecule has 4 rings (SSSR count). The van der Waals surface area contributed by atoms with Gasteiger partial charge in [0.05, 0.1) is 23.4 Å². The SMILES string of the molecule is C=C(C)C(=O)N[C@@H](C)[C@H](Oc1ccc2c(cnn2-c2ccc(F)cc2)c1)c1ccc(F)cc1C. The van der Waals surface area contributed by atoms with Gasteiger partial charge in [0.15, 0.2) is 0 Å². The summed E-state index contributed by atoms with van der Waals surface area (Å²) in [5.74, 6) is -0.368. The molecule has 0 saturated carbocycles. The summed E-state index contributed by atoms with van der Waals surface area (Å²) >= 11 is 0. The fourth-order valence-corrected chi connectivity index (χ4v) is 3.82. The summed E-state index contributed by atoms with van der Waals surface area (Å²) in [6.45, 7) is 8.96. The molecular weight excluding hydrogens is 436 g/mol. The number of fused-ring (bicyclic) bond motifs is 1. The van der Waals surface area contributed by atoms with Crippen LogP contribution in [0.4, 0.5) is 8.78 Å². The molecule has 1 N–H and O–H groups in total. The molecule has 0 aliphatic heterocycles. The highest BCUT2D eigenvalue weighted by atomic mass is 19.1. The highest BCUT2D eigenvalue weighted by molar-refractivity contribution is 5.92. The first-order valence-electron chi connectivity index (χ1n) is 10.9. The number of hydrogen-bond donors (Lipinski definition) is 1. The topological polar surface area (TPSA) is 56.1 Å². The van der Waals surface area contributed by atoms with Crippen molar-refractivity contribution in [3.8, 4) is 11.4 Å². The zero-order valence-electron chi connectivity index (χ0n) is 19.2. The van der Waals surface area contributed by atoms with Crippen LogP contribution in [-0.4, -0.2) is 21.7 Å². The molecule has 3 aromatic carbocycles. The second-order valence-electron chi connectivity index (χ2n) is 8.34. The maximum Gasteiger partial charge on any atom is 0.246 e. The molecule has 0 unspecified atom stereocenters. The summed E-state index contributed by atoms with van der Waals surface area (Å²) in [5, 5.41) is 8.15. The van der Waals surface area contributed by atoms with Crippen molar-refractivity contribution in [2.75, 3.05) is 0 Å². The van der Waals surface area contributed by atoms with Gasteiger partial charge in [-0.25, -0.2) is 13.5 Å². The van der Waals surface area contributed by atoms with Crippen LogP contribution in [0.25, 0.3) is 16.6 Å². The van der Waals surface area contributed by atoms with Gasteiger partial charge in [0.2, 0.25) is 5.91 Å². The van der Waals surface area contributed by atoms with Crippen molar-refractivity contribution in [1.29, 1.82) is 0 Å². The highest BCUT2D eigenvalue weighted by Crippen LogP contribution is 2.30. The van der Waals surface area contributed by atoms with Crippen molar-refractivity contribution < 1.29 is 18.3 Å². The van der Waals surface area contributed by atoms with Crippen LogP contribution in [0.2, 0.25) is 0 Å². The number of amides is 1. The predicted octanol–water partition coefficient (Wildman–Crippen LogP) is 5.81. The third kappa shape index (κ3) is 4.83. The summed E-state index contributed by atoms with van der Waals surface area (Å²) in [6, 6.07) is 15.7. The van der Waals surface area contributed by atoms with Gasteiger partial charge in [0.25, 0.3) is 0 Å². The predicted molar refractivity (Wildman–Crippen MR) is 128 cm³/mol. The minimum atomic E-state index is -0.575. The Kier molecular flexibility index (Phi) is 6.45. The maximum absolute atomic E-state index is 13.7. The minimum absolute atomic E-state index is 0.281. The van der Waals surface area contributed by atoms with E-state index in [0.29, 0.717) is 16.9 Å². The average molecular weight is 462 g/mol. The number of carbonyl (C=O) groups is 1. The van der Waals surface area contributed by atoms with Crippen LogP contribution in [0.1, 0.15) is 31.1 Å². The number of nitrogens with zero attached hydrogens (tertiary/aromatic N) is 2. The maximum atomic E-state index is 13.7. The highest BCUT2D eigenvalue weighted by Gasteiger charge is 2.25. The number of aromatic nitrogens is 2. The normalized spacial score (nSPS) is 12.9. The quantitative estimate of drug-likeness (QED) is 0.353. The van der Waals surface area contributed by atoms with Crippen LogP contribution in [0.3, 0.4) is 0 Å². The molecule has 174 valence electrons. The van der Waals surface area contributed by atoms with Gasteiger partial charge in [-0.2, -0.15) is 5.10 Å². The van der Waals surface area contributed by atoms with Crippen LogP contribution in [0.15, 0.2) is 79.0 Å². The molecular formula is C27H25F2N3O2. The van der Waals surface area contributed by atoms with Gasteiger partial charge in [0.1, 0.15) is 23.5 Å². The number of benzene rings is 3. The Bertz CT molecular complexity index is 1360. The molecule has 4 aromatic rings. The van der Waals surface area contributed by atoms with Crippen LogP contribution in [0.5, 0.6) is 5.75 Å². The first-order chi connectivity index (χ1) is 16.2. The fourth-order valence-electron chi connectivity index (χ4n) is 3.82. The first-order valence-corrected chi connectivity index (χ1v) is 10.9. The lowest BCUT2D eigenvalue weighted by Gasteiger charge is -2.28. The van der Waals surface area contributed by atoms with Crippen molar-refractivity contribution in [3.05, 3.63) is 102 Å². The van der Waals surface area contributed by atoms with Crippen LogP contribution in [0, 0.1) is 18.6 Å². The number of aryl methyl sites for hydroxylation is 1. The summed E-state index contributed by atoms with van der Waals surface area (Å²) in [6.07, 6.45) is 1.13. The van der Waals surface area contributed by atoms with Crippen molar-refractivity contribution in [2.24, 2.45) is 0 Å². The minimum Gasteiger partial charge on any atom is -0.484 e. The van der Waals surface area contributed by atoms with E-state index in [-0.39, 0.29) is 17.5 Å². The molecule has 0 fully saturated rings. The zero-order valence-corrected chi connectivity index (χ0v) is 19.2. The molecule has 1 amide bonds. The molecule has 1 heterocycles. The van der Waals surface area contributed by atoms with E-state index in [9.17, 15) is 13.6 Å². The second-order valence-corrected chi connectivity index (χ2v) is 8.34. The van der Waals surface area contributed by atoms with E-state index in [1.807, 2.05) is 25.1 Å². The lowest BCUT2D eigenvalue weighted by Crippen LogP contribution is -2.39. The second kappa shape index (κ2) is 9.47. The van der Waals surface area contributed by atoms with Gasteiger partial charge in [-0.1, -0.05) is 12.6 Å². The third-order valence-electron chi connectivity index (χ3n) is 5.61. The van der Waals surface area contributed by atoms with E-state index >= 15 is 0 Å². The van der Waals surface area contributed by atoms with E-state index in [1.54, 1.807) is 42.9 Å². The smallest absolute Gasteiger partial charge is 0.246 e. The van der Waals surface area contributed by atoms with E-state index in [4.69, 9.17) is 4.74 Å². The van der Waals surface area contributed by atoms with Crippen LogP contribution >= 0.6 is 0 Å². The monoisotopic (exact) mass is 461 g/mol. The molecule has 34 heavy (non-hydrogen) atoms. The Balaban J connectivity index is 1.67. The molecule has 1 aromatic heterocycles. The Labute approximate surface area is 196 Å². The first kappa shape index (κ1) is 23.2. The van der Waals surface area contributed by atoms with Gasteiger partial charge >= 0.3 is 0 Å². The number of rotatable bonds is 7. The lowest BCUT2D eigenvalue weighted by molar-refractivity contribution is -0.118. The van der Waals surface area contributed by atoms with Crippen LogP contribution < -0.4 is 10.1 Å². The summed E-state index contributed by atoms with van der Waals surface area (Å²) in [5.41, 5.74) is 3.43. The molecule has 0 radical (unpaired) electrons. The van der Waals surface area contributed by atoms with Crippen molar-refractivity contribution in [1.82, 2.24) is 15.1 Å². The molecule has 0 aliphatic rings.